The standard InChI is InChI=1S/C20H29N3O3/c1-20(2,3)26-19(25)23-12-16(21)18(24)22(11-14-9-10-14)13-17(23)15-7-5-4-6-8-15/h4-8,14,16-17H,9-13,21H2,1-3H3/t16-,17+/m0/s1. The Morgan fingerprint density at radius 2 is 1.85 bits per heavy atom. The maximum absolute atomic E-state index is 12.9. The molecular weight excluding hydrogens is 330 g/mol. The quantitative estimate of drug-likeness (QED) is 0.900. The summed E-state index contributed by atoms with van der Waals surface area (Å²) in [4.78, 5) is 29.1. The summed E-state index contributed by atoms with van der Waals surface area (Å²) in [6.07, 6.45) is 1.89. The maximum Gasteiger partial charge on any atom is 0.410 e. The Hall–Kier alpha value is -2.08. The molecule has 1 saturated carbocycles. The number of carbonyl (C=O) groups excluding carboxylic acids is 2. The zero-order valence-corrected chi connectivity index (χ0v) is 15.9. The third-order valence-corrected chi connectivity index (χ3v) is 4.78. The summed E-state index contributed by atoms with van der Waals surface area (Å²) in [5, 5.41) is 0. The van der Waals surface area contributed by atoms with Crippen LogP contribution in [0.3, 0.4) is 0 Å². The lowest BCUT2D eigenvalue weighted by Gasteiger charge is -2.33. The van der Waals surface area contributed by atoms with Gasteiger partial charge in [0.05, 0.1) is 6.04 Å². The number of hydrogen-bond acceptors (Lipinski definition) is 4. The minimum atomic E-state index is -0.727. The fourth-order valence-electron chi connectivity index (χ4n) is 3.31. The average Bonchev–Trinajstić information content (AvgIpc) is 3.39. The van der Waals surface area contributed by atoms with E-state index < -0.39 is 17.7 Å². The summed E-state index contributed by atoms with van der Waals surface area (Å²) in [6.45, 7) is 6.85. The van der Waals surface area contributed by atoms with Crippen LogP contribution in [0.15, 0.2) is 30.3 Å². The average molecular weight is 359 g/mol. The first-order chi connectivity index (χ1) is 12.2. The largest absolute Gasteiger partial charge is 0.444 e. The number of benzene rings is 1. The predicted octanol–water partition coefficient (Wildman–Crippen LogP) is 2.54. The number of nitrogens with two attached hydrogens (primary N) is 1. The highest BCUT2D eigenvalue weighted by atomic mass is 16.6. The monoisotopic (exact) mass is 359 g/mol. The van der Waals surface area contributed by atoms with E-state index in [1.54, 1.807) is 4.90 Å². The molecule has 6 nitrogen and oxygen atoms in total. The molecule has 3 rings (SSSR count). The number of ether oxygens (including phenoxy) is 1. The summed E-state index contributed by atoms with van der Waals surface area (Å²) in [6, 6.07) is 8.81. The van der Waals surface area contributed by atoms with Crippen LogP contribution in [0.5, 0.6) is 0 Å². The van der Waals surface area contributed by atoms with E-state index in [-0.39, 0.29) is 18.5 Å². The molecule has 0 bridgehead atoms. The first-order valence-corrected chi connectivity index (χ1v) is 9.33. The van der Waals surface area contributed by atoms with Crippen LogP contribution in [0.4, 0.5) is 4.79 Å². The molecule has 2 aliphatic rings. The summed E-state index contributed by atoms with van der Waals surface area (Å²) in [5.41, 5.74) is 6.54. The van der Waals surface area contributed by atoms with Gasteiger partial charge >= 0.3 is 6.09 Å². The van der Waals surface area contributed by atoms with Gasteiger partial charge in [-0.15, -0.1) is 0 Å². The second-order valence-electron chi connectivity index (χ2n) is 8.35. The van der Waals surface area contributed by atoms with Gasteiger partial charge in [-0.2, -0.15) is 0 Å². The van der Waals surface area contributed by atoms with E-state index in [0.717, 1.165) is 24.9 Å². The number of carbonyl (C=O) groups is 2. The van der Waals surface area contributed by atoms with Crippen LogP contribution in [0.1, 0.15) is 45.2 Å². The first-order valence-electron chi connectivity index (χ1n) is 9.33. The van der Waals surface area contributed by atoms with Crippen molar-refractivity contribution in [3.63, 3.8) is 0 Å². The van der Waals surface area contributed by atoms with Crippen molar-refractivity contribution in [2.75, 3.05) is 19.6 Å². The molecule has 2 N–H and O–H groups in total. The molecule has 142 valence electrons. The van der Waals surface area contributed by atoms with Gasteiger partial charge in [0.15, 0.2) is 0 Å². The summed E-state index contributed by atoms with van der Waals surface area (Å²) >= 11 is 0. The van der Waals surface area contributed by atoms with Crippen molar-refractivity contribution in [2.24, 2.45) is 11.7 Å². The van der Waals surface area contributed by atoms with E-state index >= 15 is 0 Å². The minimum absolute atomic E-state index is 0.0797. The Labute approximate surface area is 155 Å². The molecule has 2 amide bonds. The summed E-state index contributed by atoms with van der Waals surface area (Å²) in [7, 11) is 0. The number of hydrogen-bond donors (Lipinski definition) is 1. The van der Waals surface area contributed by atoms with Gasteiger partial charge in [-0.05, 0) is 45.1 Å². The highest BCUT2D eigenvalue weighted by Crippen LogP contribution is 2.33. The fourth-order valence-corrected chi connectivity index (χ4v) is 3.31. The summed E-state index contributed by atoms with van der Waals surface area (Å²) < 4.78 is 5.60. The second-order valence-corrected chi connectivity index (χ2v) is 8.35. The van der Waals surface area contributed by atoms with Gasteiger partial charge in [0.1, 0.15) is 11.6 Å². The van der Waals surface area contributed by atoms with E-state index in [2.05, 4.69) is 0 Å². The van der Waals surface area contributed by atoms with Crippen LogP contribution in [0.25, 0.3) is 0 Å². The van der Waals surface area contributed by atoms with Gasteiger partial charge in [-0.1, -0.05) is 30.3 Å². The lowest BCUT2D eigenvalue weighted by atomic mass is 10.1. The molecule has 0 aromatic heterocycles. The van der Waals surface area contributed by atoms with E-state index in [4.69, 9.17) is 10.5 Å². The fraction of sp³-hybridized carbons (Fsp3) is 0.600. The van der Waals surface area contributed by atoms with E-state index in [1.165, 1.54) is 0 Å². The predicted molar refractivity (Wildman–Crippen MR) is 99.4 cm³/mol. The van der Waals surface area contributed by atoms with Crippen LogP contribution in [0.2, 0.25) is 0 Å². The van der Waals surface area contributed by atoms with Gasteiger partial charge in [0.2, 0.25) is 5.91 Å². The third kappa shape index (κ3) is 4.55. The highest BCUT2D eigenvalue weighted by molar-refractivity contribution is 5.83. The maximum atomic E-state index is 12.9. The zero-order valence-electron chi connectivity index (χ0n) is 15.9. The van der Waals surface area contributed by atoms with Crippen LogP contribution >= 0.6 is 0 Å². The van der Waals surface area contributed by atoms with Crippen molar-refractivity contribution in [3.05, 3.63) is 35.9 Å². The molecule has 1 heterocycles. The Morgan fingerprint density at radius 3 is 2.42 bits per heavy atom. The molecule has 26 heavy (non-hydrogen) atoms. The van der Waals surface area contributed by atoms with Crippen LogP contribution in [0, 0.1) is 5.92 Å². The molecule has 1 aliphatic heterocycles. The minimum Gasteiger partial charge on any atom is -0.444 e. The lowest BCUT2D eigenvalue weighted by molar-refractivity contribution is -0.132. The second kappa shape index (κ2) is 7.27. The van der Waals surface area contributed by atoms with Crippen molar-refractivity contribution in [1.82, 2.24) is 9.80 Å². The van der Waals surface area contributed by atoms with Crippen molar-refractivity contribution >= 4 is 12.0 Å². The van der Waals surface area contributed by atoms with E-state index in [1.807, 2.05) is 56.0 Å². The number of rotatable bonds is 3. The number of nitrogens with zero attached hydrogens (tertiary/aromatic N) is 2. The van der Waals surface area contributed by atoms with Gasteiger partial charge in [-0.25, -0.2) is 4.79 Å². The molecule has 1 aromatic rings. The Kier molecular flexibility index (Phi) is 5.23. The van der Waals surface area contributed by atoms with Crippen LogP contribution < -0.4 is 5.73 Å². The van der Waals surface area contributed by atoms with Gasteiger partial charge in [0.25, 0.3) is 0 Å². The Bertz CT molecular complexity index is 652. The van der Waals surface area contributed by atoms with E-state index in [0.29, 0.717) is 12.5 Å². The SMILES string of the molecule is CC(C)(C)OC(=O)N1C[C@H](N)C(=O)N(CC2CC2)C[C@@H]1c1ccccc1. The summed E-state index contributed by atoms with van der Waals surface area (Å²) in [5.74, 6) is 0.486. The molecule has 1 aromatic carbocycles. The molecule has 1 saturated heterocycles. The topological polar surface area (TPSA) is 75.9 Å². The normalized spacial score (nSPS) is 24.4. The molecule has 2 fully saturated rings. The van der Waals surface area contributed by atoms with Gasteiger partial charge < -0.3 is 15.4 Å². The molecule has 2 atom stereocenters. The van der Waals surface area contributed by atoms with E-state index in [9.17, 15) is 9.59 Å². The highest BCUT2D eigenvalue weighted by Gasteiger charge is 2.40. The molecule has 0 spiro atoms. The molecule has 0 radical (unpaired) electrons. The zero-order chi connectivity index (χ0) is 18.9. The third-order valence-electron chi connectivity index (χ3n) is 4.78. The van der Waals surface area contributed by atoms with Crippen molar-refractivity contribution in [3.8, 4) is 0 Å². The molecular formula is C20H29N3O3. The Balaban J connectivity index is 1.91. The van der Waals surface area contributed by atoms with Crippen LogP contribution in [-0.4, -0.2) is 53.1 Å². The molecule has 0 unspecified atom stereocenters. The first kappa shape index (κ1) is 18.7. The van der Waals surface area contributed by atoms with Gasteiger partial charge in [-0.3, -0.25) is 9.69 Å². The number of amides is 2. The Morgan fingerprint density at radius 1 is 1.19 bits per heavy atom. The van der Waals surface area contributed by atoms with Gasteiger partial charge in [0, 0.05) is 19.6 Å². The lowest BCUT2D eigenvalue weighted by Crippen LogP contribution is -2.47. The van der Waals surface area contributed by atoms with Crippen molar-refractivity contribution in [1.29, 1.82) is 0 Å². The van der Waals surface area contributed by atoms with Crippen molar-refractivity contribution < 1.29 is 14.3 Å². The van der Waals surface area contributed by atoms with Crippen LogP contribution in [-0.2, 0) is 9.53 Å². The molecule has 6 heteroatoms. The van der Waals surface area contributed by atoms with Crippen molar-refractivity contribution in [2.45, 2.75) is 51.3 Å². The molecule has 1 aliphatic carbocycles. The smallest absolute Gasteiger partial charge is 0.410 e.